The van der Waals surface area contributed by atoms with Gasteiger partial charge in [0.25, 0.3) is 0 Å². The predicted octanol–water partition coefficient (Wildman–Crippen LogP) is 1.09. The summed E-state index contributed by atoms with van der Waals surface area (Å²) in [6.07, 6.45) is 0.264. The molecule has 1 aliphatic carbocycles. The average molecular weight is 231 g/mol. The van der Waals surface area contributed by atoms with Crippen molar-refractivity contribution in [3.8, 4) is 0 Å². The molecule has 1 aliphatic rings. The van der Waals surface area contributed by atoms with E-state index in [1.54, 1.807) is 6.07 Å². The molecule has 0 N–H and O–H groups in total. The molecule has 0 aromatic heterocycles. The normalized spacial score (nSPS) is 19.2. The van der Waals surface area contributed by atoms with Gasteiger partial charge in [-0.2, -0.15) is 0 Å². The van der Waals surface area contributed by atoms with Crippen LogP contribution >= 0.6 is 0 Å². The first kappa shape index (κ1) is 11.8. The third-order valence-corrected chi connectivity index (χ3v) is 3.26. The van der Waals surface area contributed by atoms with Gasteiger partial charge in [-0.05, 0) is 23.0 Å². The van der Waals surface area contributed by atoms with Crippen molar-refractivity contribution in [2.45, 2.75) is 32.6 Å². The molecule has 2 rings (SSSR count). The number of hydrogen-bond acceptors (Lipinski definition) is 3. The number of aliphatic carboxylic acids is 1. The Morgan fingerprint density at radius 3 is 2.53 bits per heavy atom. The monoisotopic (exact) mass is 231 g/mol. The Morgan fingerprint density at radius 1 is 1.35 bits per heavy atom. The van der Waals surface area contributed by atoms with Crippen LogP contribution in [0, 0.1) is 5.92 Å². The summed E-state index contributed by atoms with van der Waals surface area (Å²) >= 11 is 0. The smallest absolute Gasteiger partial charge is 0.172 e. The van der Waals surface area contributed by atoms with Gasteiger partial charge in [-0.1, -0.05) is 39.0 Å². The van der Waals surface area contributed by atoms with E-state index in [0.29, 0.717) is 5.56 Å². The van der Waals surface area contributed by atoms with Gasteiger partial charge in [0.05, 0.1) is 11.9 Å². The van der Waals surface area contributed by atoms with Crippen LogP contribution in [0.15, 0.2) is 18.2 Å². The first-order valence-electron chi connectivity index (χ1n) is 5.69. The highest BCUT2D eigenvalue weighted by Crippen LogP contribution is 2.31. The quantitative estimate of drug-likeness (QED) is 0.680. The predicted molar refractivity (Wildman–Crippen MR) is 61.7 cm³/mol. The maximum Gasteiger partial charge on any atom is 0.172 e. The largest absolute Gasteiger partial charge is 0.549 e. The number of carboxylic acid groups (broad SMARTS) is 1. The molecule has 0 spiro atoms. The molecule has 0 aliphatic heterocycles. The highest BCUT2D eigenvalue weighted by atomic mass is 16.4. The van der Waals surface area contributed by atoms with Crippen molar-refractivity contribution in [2.75, 3.05) is 0 Å². The second-order valence-corrected chi connectivity index (χ2v) is 5.56. The van der Waals surface area contributed by atoms with E-state index in [0.717, 1.165) is 11.1 Å². The van der Waals surface area contributed by atoms with Crippen molar-refractivity contribution in [3.63, 3.8) is 0 Å². The van der Waals surface area contributed by atoms with Crippen LogP contribution in [-0.4, -0.2) is 11.8 Å². The summed E-state index contributed by atoms with van der Waals surface area (Å²) in [5.41, 5.74) is 2.48. The minimum Gasteiger partial charge on any atom is -0.549 e. The Balaban J connectivity index is 2.43. The molecule has 0 saturated carbocycles. The molecule has 0 saturated heterocycles. The molecule has 1 aromatic rings. The molecular formula is C14H15O3-. The van der Waals surface area contributed by atoms with Crippen molar-refractivity contribution in [2.24, 2.45) is 5.92 Å². The number of carbonyl (C=O) groups excluding carboxylic acids is 2. The zero-order valence-corrected chi connectivity index (χ0v) is 10.2. The number of Topliss-reactive ketones (excluding diaryl/α,β-unsaturated/α-hetero) is 1. The van der Waals surface area contributed by atoms with E-state index in [9.17, 15) is 14.7 Å². The summed E-state index contributed by atoms with van der Waals surface area (Å²) in [6, 6.07) is 5.58. The number of rotatable bonds is 1. The second-order valence-electron chi connectivity index (χ2n) is 5.56. The van der Waals surface area contributed by atoms with Gasteiger partial charge in [0.2, 0.25) is 0 Å². The molecule has 1 aromatic carbocycles. The van der Waals surface area contributed by atoms with E-state index < -0.39 is 11.9 Å². The molecule has 0 heterocycles. The van der Waals surface area contributed by atoms with Crippen molar-refractivity contribution in [3.05, 3.63) is 34.9 Å². The molecule has 90 valence electrons. The summed E-state index contributed by atoms with van der Waals surface area (Å²) in [5.74, 6) is -2.59. The molecule has 0 radical (unpaired) electrons. The fourth-order valence-corrected chi connectivity index (χ4v) is 2.16. The summed E-state index contributed by atoms with van der Waals surface area (Å²) < 4.78 is 0. The Bertz CT molecular complexity index is 495. The molecule has 0 fully saturated rings. The molecule has 17 heavy (non-hydrogen) atoms. The second kappa shape index (κ2) is 3.69. The van der Waals surface area contributed by atoms with Gasteiger partial charge >= 0.3 is 0 Å². The summed E-state index contributed by atoms with van der Waals surface area (Å²) in [5, 5.41) is 10.8. The molecule has 0 amide bonds. The van der Waals surface area contributed by atoms with E-state index in [1.165, 1.54) is 0 Å². The van der Waals surface area contributed by atoms with Gasteiger partial charge in [-0.3, -0.25) is 4.79 Å². The number of hydrogen-bond donors (Lipinski definition) is 0. The van der Waals surface area contributed by atoms with Gasteiger partial charge in [0, 0.05) is 5.56 Å². The van der Waals surface area contributed by atoms with Gasteiger partial charge in [0.1, 0.15) is 0 Å². The van der Waals surface area contributed by atoms with Crippen LogP contribution in [0.2, 0.25) is 0 Å². The molecule has 1 unspecified atom stereocenters. The van der Waals surface area contributed by atoms with Crippen LogP contribution in [0.1, 0.15) is 42.3 Å². The third-order valence-electron chi connectivity index (χ3n) is 3.26. The van der Waals surface area contributed by atoms with Gasteiger partial charge in [0.15, 0.2) is 5.78 Å². The van der Waals surface area contributed by atoms with Crippen molar-refractivity contribution in [1.82, 2.24) is 0 Å². The first-order valence-corrected chi connectivity index (χ1v) is 5.69. The summed E-state index contributed by atoms with van der Waals surface area (Å²) in [6.45, 7) is 6.26. The Hall–Kier alpha value is -1.64. The van der Waals surface area contributed by atoms with E-state index in [1.807, 2.05) is 12.1 Å². The molecule has 0 bridgehead atoms. The minimum atomic E-state index is -1.27. The van der Waals surface area contributed by atoms with Gasteiger partial charge in [-0.15, -0.1) is 0 Å². The van der Waals surface area contributed by atoms with Crippen LogP contribution in [0.3, 0.4) is 0 Å². The zero-order chi connectivity index (χ0) is 12.8. The SMILES string of the molecule is CC(C)(C)c1ccc2c(c1)CC(C(=O)[O-])C2=O. The van der Waals surface area contributed by atoms with Crippen LogP contribution in [0.5, 0.6) is 0 Å². The number of carboxylic acids is 1. The third kappa shape index (κ3) is 1.97. The van der Waals surface area contributed by atoms with Gasteiger partial charge < -0.3 is 9.90 Å². The molecular weight excluding hydrogens is 216 g/mol. The zero-order valence-electron chi connectivity index (χ0n) is 10.2. The number of ketones is 1. The van der Waals surface area contributed by atoms with E-state index >= 15 is 0 Å². The van der Waals surface area contributed by atoms with Crippen LogP contribution < -0.4 is 5.11 Å². The Morgan fingerprint density at radius 2 is 2.00 bits per heavy atom. The van der Waals surface area contributed by atoms with Gasteiger partial charge in [-0.25, -0.2) is 0 Å². The maximum absolute atomic E-state index is 11.8. The van der Waals surface area contributed by atoms with E-state index in [4.69, 9.17) is 0 Å². The van der Waals surface area contributed by atoms with Crippen LogP contribution in [0.25, 0.3) is 0 Å². The maximum atomic E-state index is 11.8. The van der Waals surface area contributed by atoms with Crippen molar-refractivity contribution < 1.29 is 14.7 Å². The number of benzene rings is 1. The van der Waals surface area contributed by atoms with Crippen LogP contribution in [0.4, 0.5) is 0 Å². The van der Waals surface area contributed by atoms with Crippen LogP contribution in [-0.2, 0) is 16.6 Å². The number of fused-ring (bicyclic) bond motifs is 1. The minimum absolute atomic E-state index is 0.00234. The fourth-order valence-electron chi connectivity index (χ4n) is 2.16. The lowest BCUT2D eigenvalue weighted by molar-refractivity contribution is -0.309. The lowest BCUT2D eigenvalue weighted by atomic mass is 9.85. The van der Waals surface area contributed by atoms with Crippen molar-refractivity contribution >= 4 is 11.8 Å². The lowest BCUT2D eigenvalue weighted by Crippen LogP contribution is -2.34. The highest BCUT2D eigenvalue weighted by molar-refractivity contribution is 6.11. The van der Waals surface area contributed by atoms with E-state index in [-0.39, 0.29) is 17.6 Å². The molecule has 3 nitrogen and oxygen atoms in total. The summed E-state index contributed by atoms with van der Waals surface area (Å²) in [4.78, 5) is 22.6. The summed E-state index contributed by atoms with van der Waals surface area (Å²) in [7, 11) is 0. The fraction of sp³-hybridized carbons (Fsp3) is 0.429. The molecule has 3 heteroatoms. The first-order chi connectivity index (χ1) is 7.80. The Kier molecular flexibility index (Phi) is 2.57. The molecule has 1 atom stereocenters. The average Bonchev–Trinajstić information content (AvgIpc) is 2.54. The Labute approximate surface area is 100 Å². The topological polar surface area (TPSA) is 57.2 Å². The van der Waals surface area contributed by atoms with Crippen molar-refractivity contribution in [1.29, 1.82) is 0 Å². The van der Waals surface area contributed by atoms with E-state index in [2.05, 4.69) is 20.8 Å². The number of carbonyl (C=O) groups is 2. The lowest BCUT2D eigenvalue weighted by Gasteiger charge is -2.19. The standard InChI is InChI=1S/C14H16O3/c1-14(2,3)9-4-5-10-8(6-9)7-11(12(10)15)13(16)17/h4-6,11H,7H2,1-3H3,(H,16,17)/p-1. The highest BCUT2D eigenvalue weighted by Gasteiger charge is 2.32.